The van der Waals surface area contributed by atoms with Gasteiger partial charge in [0.05, 0.1) is 25.6 Å². The molecule has 0 aliphatic rings. The number of halogens is 1. The smallest absolute Gasteiger partial charge is 0.327 e. The average Bonchev–Trinajstić information content (AvgIpc) is 3.29. The van der Waals surface area contributed by atoms with Gasteiger partial charge in [-0.3, -0.25) is 9.25 Å². The first kappa shape index (κ1) is 16.3. The van der Waals surface area contributed by atoms with E-state index in [0.717, 1.165) is 15.3 Å². The summed E-state index contributed by atoms with van der Waals surface area (Å²) in [6.07, 6.45) is 5.62. The summed E-state index contributed by atoms with van der Waals surface area (Å²) in [4.78, 5) is 14.4. The Morgan fingerprint density at radius 3 is 2.92 bits per heavy atom. The Labute approximate surface area is 141 Å². The molecule has 0 spiro atoms. The second-order valence-corrected chi connectivity index (χ2v) is 6.51. The van der Waals surface area contributed by atoms with E-state index in [1.54, 1.807) is 22.2 Å². The van der Waals surface area contributed by atoms with E-state index in [-0.39, 0.29) is 18.8 Å². The summed E-state index contributed by atoms with van der Waals surface area (Å²) in [6, 6.07) is 3.98. The second-order valence-electron chi connectivity index (χ2n) is 5.34. The van der Waals surface area contributed by atoms with Crippen LogP contribution in [0.4, 0.5) is 4.39 Å². The maximum Gasteiger partial charge on any atom is 0.346 e. The number of hydrogen-bond acceptors (Lipinski definition) is 5. The Morgan fingerprint density at radius 1 is 1.42 bits per heavy atom. The molecule has 0 amide bonds. The fraction of sp³-hybridized carbons (Fsp3) is 0.267. The minimum Gasteiger partial charge on any atom is -0.327 e. The molecule has 3 rings (SSSR count). The Kier molecular flexibility index (Phi) is 4.72. The molecule has 0 aromatic carbocycles. The highest BCUT2D eigenvalue weighted by Gasteiger charge is 2.10. The second kappa shape index (κ2) is 6.93. The van der Waals surface area contributed by atoms with Gasteiger partial charge >= 0.3 is 5.69 Å². The summed E-state index contributed by atoms with van der Waals surface area (Å²) in [5.41, 5.74) is 6.47. The molecule has 0 radical (unpaired) electrons. The van der Waals surface area contributed by atoms with Crippen LogP contribution in [0.25, 0.3) is 10.4 Å². The molecule has 0 aliphatic carbocycles. The minimum absolute atomic E-state index is 0.0508. The average molecular weight is 348 g/mol. The van der Waals surface area contributed by atoms with Crippen LogP contribution in [-0.4, -0.2) is 30.7 Å². The summed E-state index contributed by atoms with van der Waals surface area (Å²) in [5, 5.41) is 8.17. The molecular weight excluding hydrogens is 331 g/mol. The van der Waals surface area contributed by atoms with Gasteiger partial charge in [-0.15, -0.1) is 11.3 Å². The fourth-order valence-corrected chi connectivity index (χ4v) is 3.24. The molecule has 24 heavy (non-hydrogen) atoms. The number of thiophene rings is 1. The van der Waals surface area contributed by atoms with Crippen molar-refractivity contribution in [3.63, 3.8) is 0 Å². The van der Waals surface area contributed by atoms with Crippen LogP contribution in [0.1, 0.15) is 4.88 Å². The van der Waals surface area contributed by atoms with E-state index in [4.69, 9.17) is 5.73 Å². The molecule has 0 saturated carbocycles. The van der Waals surface area contributed by atoms with Gasteiger partial charge in [0, 0.05) is 35.1 Å². The normalized spacial score (nSPS) is 12.0. The maximum absolute atomic E-state index is 12.6. The Morgan fingerprint density at radius 2 is 2.25 bits per heavy atom. The van der Waals surface area contributed by atoms with Gasteiger partial charge in [0.2, 0.25) is 0 Å². The molecule has 2 N–H and O–H groups in total. The highest BCUT2D eigenvalue weighted by Crippen LogP contribution is 2.27. The predicted octanol–water partition coefficient (Wildman–Crippen LogP) is 1.37. The molecule has 126 valence electrons. The Hall–Kier alpha value is -2.52. The summed E-state index contributed by atoms with van der Waals surface area (Å²) < 4.78 is 17.0. The summed E-state index contributed by atoms with van der Waals surface area (Å²) in [5.74, 6) is 0. The van der Waals surface area contributed by atoms with Gasteiger partial charge in [-0.25, -0.2) is 13.9 Å². The van der Waals surface area contributed by atoms with Crippen LogP contribution in [-0.2, 0) is 20.1 Å². The van der Waals surface area contributed by atoms with E-state index in [1.807, 2.05) is 25.4 Å². The van der Waals surface area contributed by atoms with Crippen molar-refractivity contribution in [1.82, 2.24) is 24.1 Å². The van der Waals surface area contributed by atoms with E-state index in [1.165, 1.54) is 15.6 Å². The predicted molar refractivity (Wildman–Crippen MR) is 90.4 cm³/mol. The van der Waals surface area contributed by atoms with Gasteiger partial charge in [0.1, 0.15) is 6.33 Å². The first-order chi connectivity index (χ1) is 11.6. The molecule has 9 heteroatoms. The van der Waals surface area contributed by atoms with E-state index in [0.29, 0.717) is 18.4 Å². The summed E-state index contributed by atoms with van der Waals surface area (Å²) in [6.45, 7) is 0.528. The zero-order valence-electron chi connectivity index (χ0n) is 13.1. The number of hydrogen-bond donors (Lipinski definition) is 1. The van der Waals surface area contributed by atoms with Crippen molar-refractivity contribution >= 4 is 11.3 Å². The Balaban J connectivity index is 1.76. The van der Waals surface area contributed by atoms with Crippen LogP contribution in [0.15, 0.2) is 47.6 Å². The monoisotopic (exact) mass is 348 g/mol. The molecule has 0 saturated heterocycles. The fourth-order valence-electron chi connectivity index (χ4n) is 2.26. The van der Waals surface area contributed by atoms with Gasteiger partial charge in [-0.2, -0.15) is 10.2 Å². The van der Waals surface area contributed by atoms with Crippen LogP contribution in [0.2, 0.25) is 0 Å². The number of aromatic nitrogens is 5. The SMILES string of the molecule is Cn1cc(-c2ccc(Cn3cnn(C/C(=C/F)CN)c3=O)s2)cn1. The zero-order chi connectivity index (χ0) is 17.1. The molecule has 0 aliphatic heterocycles. The quantitative estimate of drug-likeness (QED) is 0.729. The standard InChI is InChI=1S/C15H17FN6OS/c1-20-8-12(6-18-20)14-3-2-13(24-14)9-21-10-19-22(15(21)23)7-11(4-16)5-17/h2-4,6,8,10H,5,7,9,17H2,1H3/b11-4+. The van der Waals surface area contributed by atoms with Crippen molar-refractivity contribution in [3.8, 4) is 10.4 Å². The van der Waals surface area contributed by atoms with Crippen LogP contribution in [0, 0.1) is 0 Å². The molecule has 3 heterocycles. The van der Waals surface area contributed by atoms with Crippen LogP contribution >= 0.6 is 11.3 Å². The Bertz CT molecular complexity index is 918. The van der Waals surface area contributed by atoms with Gasteiger partial charge in [0.15, 0.2) is 0 Å². The molecule has 7 nitrogen and oxygen atoms in total. The highest BCUT2D eigenvalue weighted by molar-refractivity contribution is 7.15. The van der Waals surface area contributed by atoms with Crippen molar-refractivity contribution in [3.05, 3.63) is 58.1 Å². The molecule has 3 aromatic rings. The largest absolute Gasteiger partial charge is 0.346 e. The van der Waals surface area contributed by atoms with Crippen LogP contribution < -0.4 is 11.4 Å². The number of nitrogens with two attached hydrogens (primary N) is 1. The lowest BCUT2D eigenvalue weighted by atomic mass is 10.3. The van der Waals surface area contributed by atoms with Gasteiger partial charge in [-0.1, -0.05) is 0 Å². The lowest BCUT2D eigenvalue weighted by Crippen LogP contribution is -2.26. The number of aryl methyl sites for hydroxylation is 1. The molecule has 3 aromatic heterocycles. The maximum atomic E-state index is 12.6. The lowest BCUT2D eigenvalue weighted by molar-refractivity contribution is 0.604. The summed E-state index contributed by atoms with van der Waals surface area (Å²) >= 11 is 1.59. The number of nitrogens with zero attached hydrogens (tertiary/aromatic N) is 5. The van der Waals surface area contributed by atoms with E-state index >= 15 is 0 Å². The highest BCUT2D eigenvalue weighted by atomic mass is 32.1. The van der Waals surface area contributed by atoms with Crippen molar-refractivity contribution < 1.29 is 4.39 Å². The molecular formula is C15H17FN6OS. The first-order valence-corrected chi connectivity index (χ1v) is 8.10. The summed E-state index contributed by atoms with van der Waals surface area (Å²) in [7, 11) is 1.87. The third kappa shape index (κ3) is 3.36. The van der Waals surface area contributed by atoms with E-state index in [9.17, 15) is 9.18 Å². The van der Waals surface area contributed by atoms with Crippen LogP contribution in [0.5, 0.6) is 0 Å². The van der Waals surface area contributed by atoms with Gasteiger partial charge in [-0.05, 0) is 17.7 Å². The molecule has 0 atom stereocenters. The van der Waals surface area contributed by atoms with Crippen molar-refractivity contribution in [2.24, 2.45) is 12.8 Å². The van der Waals surface area contributed by atoms with Gasteiger partial charge < -0.3 is 5.73 Å². The molecule has 0 bridgehead atoms. The molecule has 0 fully saturated rings. The van der Waals surface area contributed by atoms with Crippen molar-refractivity contribution in [2.75, 3.05) is 6.54 Å². The lowest BCUT2D eigenvalue weighted by Gasteiger charge is -2.01. The number of rotatable bonds is 6. The third-order valence-corrected chi connectivity index (χ3v) is 4.66. The first-order valence-electron chi connectivity index (χ1n) is 7.29. The van der Waals surface area contributed by atoms with E-state index in [2.05, 4.69) is 10.2 Å². The zero-order valence-corrected chi connectivity index (χ0v) is 13.9. The van der Waals surface area contributed by atoms with E-state index < -0.39 is 0 Å². The van der Waals surface area contributed by atoms with Crippen molar-refractivity contribution in [2.45, 2.75) is 13.1 Å². The van der Waals surface area contributed by atoms with Crippen LogP contribution in [0.3, 0.4) is 0 Å². The third-order valence-electron chi connectivity index (χ3n) is 3.54. The van der Waals surface area contributed by atoms with Gasteiger partial charge in [0.25, 0.3) is 0 Å². The van der Waals surface area contributed by atoms with Crippen molar-refractivity contribution in [1.29, 1.82) is 0 Å². The topological polar surface area (TPSA) is 83.7 Å². The minimum atomic E-state index is -0.292. The molecule has 0 unspecified atom stereocenters.